The van der Waals surface area contributed by atoms with Crippen molar-refractivity contribution < 1.29 is 0 Å². The molecule has 1 aromatic rings. The topological polar surface area (TPSA) is 40.7 Å². The van der Waals surface area contributed by atoms with Crippen molar-refractivity contribution in [2.45, 2.75) is 39.5 Å². The van der Waals surface area contributed by atoms with Crippen molar-refractivity contribution in [3.63, 3.8) is 0 Å². The molecule has 15 heavy (non-hydrogen) atoms. The molecule has 0 bridgehead atoms. The molecule has 1 saturated heterocycles. The molecule has 0 unspecified atom stereocenters. The summed E-state index contributed by atoms with van der Waals surface area (Å²) in [6.07, 6.45) is 5.06. The summed E-state index contributed by atoms with van der Waals surface area (Å²) < 4.78 is 0. The van der Waals surface area contributed by atoms with E-state index in [1.54, 1.807) is 0 Å². The normalized spacial score (nSPS) is 18.3. The highest BCUT2D eigenvalue weighted by molar-refractivity contribution is 5.10. The predicted octanol–water partition coefficient (Wildman–Crippen LogP) is 1.96. The van der Waals surface area contributed by atoms with Crippen LogP contribution in [0.3, 0.4) is 0 Å². The molecule has 1 aliphatic rings. The maximum Gasteiger partial charge on any atom is 0.106 e. The minimum absolute atomic E-state index is 0.900. The first-order valence-corrected chi connectivity index (χ1v) is 5.98. The van der Waals surface area contributed by atoms with Gasteiger partial charge in [0.2, 0.25) is 0 Å². The zero-order valence-electron chi connectivity index (χ0n) is 9.77. The van der Waals surface area contributed by atoms with E-state index in [0.29, 0.717) is 0 Å². The van der Waals surface area contributed by atoms with Crippen LogP contribution >= 0.6 is 0 Å². The summed E-state index contributed by atoms with van der Waals surface area (Å²) in [5.41, 5.74) is 2.37. The van der Waals surface area contributed by atoms with Crippen molar-refractivity contribution in [1.82, 2.24) is 15.3 Å². The highest BCUT2D eigenvalue weighted by Crippen LogP contribution is 2.18. The lowest BCUT2D eigenvalue weighted by atomic mass is 9.93. The van der Waals surface area contributed by atoms with Gasteiger partial charge < -0.3 is 10.3 Å². The van der Waals surface area contributed by atoms with E-state index in [1.807, 2.05) is 0 Å². The van der Waals surface area contributed by atoms with Gasteiger partial charge in [-0.2, -0.15) is 0 Å². The van der Waals surface area contributed by atoms with Crippen molar-refractivity contribution in [2.75, 3.05) is 13.1 Å². The zero-order valence-corrected chi connectivity index (χ0v) is 9.77. The third kappa shape index (κ3) is 2.81. The number of aromatic amines is 1. The van der Waals surface area contributed by atoms with Gasteiger partial charge in [-0.3, -0.25) is 0 Å². The first kappa shape index (κ1) is 10.7. The molecule has 3 nitrogen and oxygen atoms in total. The molecule has 0 spiro atoms. The molecule has 3 heteroatoms. The fraction of sp³-hybridized carbons (Fsp3) is 0.750. The summed E-state index contributed by atoms with van der Waals surface area (Å²) in [5.74, 6) is 2.07. The first-order valence-electron chi connectivity index (χ1n) is 5.98. The van der Waals surface area contributed by atoms with Gasteiger partial charge in [-0.05, 0) is 52.1 Å². The second-order valence-electron chi connectivity index (χ2n) is 4.63. The number of imidazole rings is 1. The summed E-state index contributed by atoms with van der Waals surface area (Å²) in [7, 11) is 0. The Kier molecular flexibility index (Phi) is 3.41. The van der Waals surface area contributed by atoms with Gasteiger partial charge in [0.1, 0.15) is 5.82 Å². The quantitative estimate of drug-likeness (QED) is 0.795. The Morgan fingerprint density at radius 2 is 2.00 bits per heavy atom. The smallest absolute Gasteiger partial charge is 0.106 e. The van der Waals surface area contributed by atoms with Crippen LogP contribution < -0.4 is 5.32 Å². The third-order valence-corrected chi connectivity index (χ3v) is 3.43. The van der Waals surface area contributed by atoms with Gasteiger partial charge in [0, 0.05) is 12.1 Å². The molecule has 2 heterocycles. The van der Waals surface area contributed by atoms with E-state index in [-0.39, 0.29) is 0 Å². The Balaban J connectivity index is 1.81. The molecule has 0 aromatic carbocycles. The average molecular weight is 207 g/mol. The Bertz CT molecular complexity index is 291. The van der Waals surface area contributed by atoms with Gasteiger partial charge in [-0.25, -0.2) is 4.98 Å². The Morgan fingerprint density at radius 1 is 1.27 bits per heavy atom. The number of aromatic nitrogens is 2. The second-order valence-corrected chi connectivity index (χ2v) is 4.63. The van der Waals surface area contributed by atoms with Crippen LogP contribution in [-0.4, -0.2) is 23.1 Å². The molecule has 0 amide bonds. The average Bonchev–Trinajstić information content (AvgIpc) is 2.57. The number of hydrogen-bond donors (Lipinski definition) is 2. The molecular formula is C12H21N3. The van der Waals surface area contributed by atoms with E-state index >= 15 is 0 Å². The lowest BCUT2D eigenvalue weighted by molar-refractivity contribution is 0.352. The summed E-state index contributed by atoms with van der Waals surface area (Å²) in [6.45, 7) is 6.55. The molecule has 2 rings (SSSR count). The summed E-state index contributed by atoms with van der Waals surface area (Å²) in [6, 6.07) is 0. The van der Waals surface area contributed by atoms with E-state index in [0.717, 1.165) is 18.0 Å². The molecule has 0 aliphatic carbocycles. The summed E-state index contributed by atoms with van der Waals surface area (Å²) in [4.78, 5) is 7.88. The van der Waals surface area contributed by atoms with Gasteiger partial charge in [0.15, 0.2) is 0 Å². The van der Waals surface area contributed by atoms with E-state index in [9.17, 15) is 0 Å². The standard InChI is InChI=1S/C12H21N3/c1-9-10(2)15-12(14-9)4-3-11-5-7-13-8-6-11/h11,13H,3-8H2,1-2H3,(H,14,15). The fourth-order valence-electron chi connectivity index (χ4n) is 2.25. The highest BCUT2D eigenvalue weighted by Gasteiger charge is 2.13. The van der Waals surface area contributed by atoms with E-state index in [2.05, 4.69) is 29.1 Å². The third-order valence-electron chi connectivity index (χ3n) is 3.43. The molecule has 0 radical (unpaired) electrons. The Morgan fingerprint density at radius 3 is 2.60 bits per heavy atom. The van der Waals surface area contributed by atoms with Crippen molar-refractivity contribution in [1.29, 1.82) is 0 Å². The van der Waals surface area contributed by atoms with Crippen LogP contribution in [0.25, 0.3) is 0 Å². The van der Waals surface area contributed by atoms with E-state index in [1.165, 1.54) is 43.9 Å². The fourth-order valence-corrected chi connectivity index (χ4v) is 2.25. The molecule has 2 N–H and O–H groups in total. The van der Waals surface area contributed by atoms with Gasteiger partial charge in [-0.1, -0.05) is 0 Å². The van der Waals surface area contributed by atoms with E-state index < -0.39 is 0 Å². The molecule has 84 valence electrons. The molecule has 1 fully saturated rings. The minimum Gasteiger partial charge on any atom is -0.346 e. The zero-order chi connectivity index (χ0) is 10.7. The minimum atomic E-state index is 0.900. The summed E-state index contributed by atoms with van der Waals surface area (Å²) >= 11 is 0. The predicted molar refractivity (Wildman–Crippen MR) is 62.0 cm³/mol. The van der Waals surface area contributed by atoms with Crippen LogP contribution in [0, 0.1) is 19.8 Å². The number of rotatable bonds is 3. The van der Waals surface area contributed by atoms with Crippen molar-refractivity contribution in [3.05, 3.63) is 17.2 Å². The van der Waals surface area contributed by atoms with Crippen LogP contribution in [0.2, 0.25) is 0 Å². The number of hydrogen-bond acceptors (Lipinski definition) is 2. The summed E-state index contributed by atoms with van der Waals surface area (Å²) in [5, 5.41) is 3.40. The van der Waals surface area contributed by atoms with Crippen LogP contribution in [0.5, 0.6) is 0 Å². The van der Waals surface area contributed by atoms with E-state index in [4.69, 9.17) is 0 Å². The van der Waals surface area contributed by atoms with Gasteiger partial charge in [-0.15, -0.1) is 0 Å². The number of H-pyrrole nitrogens is 1. The van der Waals surface area contributed by atoms with Gasteiger partial charge in [0.05, 0.1) is 5.69 Å². The largest absolute Gasteiger partial charge is 0.346 e. The van der Waals surface area contributed by atoms with Crippen LogP contribution in [0.4, 0.5) is 0 Å². The van der Waals surface area contributed by atoms with Crippen LogP contribution in [-0.2, 0) is 6.42 Å². The molecule has 1 aromatic heterocycles. The number of nitrogens with one attached hydrogen (secondary N) is 2. The number of aryl methyl sites for hydroxylation is 3. The van der Waals surface area contributed by atoms with Crippen LogP contribution in [0.1, 0.15) is 36.5 Å². The molecule has 1 aliphatic heterocycles. The van der Waals surface area contributed by atoms with Crippen LogP contribution in [0.15, 0.2) is 0 Å². The maximum atomic E-state index is 4.52. The van der Waals surface area contributed by atoms with Gasteiger partial charge in [0.25, 0.3) is 0 Å². The molecular weight excluding hydrogens is 186 g/mol. The Labute approximate surface area is 91.7 Å². The SMILES string of the molecule is Cc1nc(CCC2CCNCC2)[nH]c1C. The second kappa shape index (κ2) is 4.79. The first-order chi connectivity index (χ1) is 7.25. The maximum absolute atomic E-state index is 4.52. The van der Waals surface area contributed by atoms with Gasteiger partial charge >= 0.3 is 0 Å². The monoisotopic (exact) mass is 207 g/mol. The lowest BCUT2D eigenvalue weighted by Crippen LogP contribution is -2.27. The Hall–Kier alpha value is -0.830. The molecule has 0 atom stereocenters. The van der Waals surface area contributed by atoms with Crippen molar-refractivity contribution in [3.8, 4) is 0 Å². The lowest BCUT2D eigenvalue weighted by Gasteiger charge is -2.21. The molecule has 0 saturated carbocycles. The highest BCUT2D eigenvalue weighted by atomic mass is 14.9. The number of nitrogens with zero attached hydrogens (tertiary/aromatic N) is 1. The van der Waals surface area contributed by atoms with Crippen molar-refractivity contribution >= 4 is 0 Å². The van der Waals surface area contributed by atoms with Crippen molar-refractivity contribution in [2.24, 2.45) is 5.92 Å². The number of piperidine rings is 1.